The fourth-order valence-electron chi connectivity index (χ4n) is 2.00. The molecule has 6 heteroatoms. The lowest BCUT2D eigenvalue weighted by Gasteiger charge is -2.05. The summed E-state index contributed by atoms with van der Waals surface area (Å²) in [7, 11) is 0. The monoisotopic (exact) mass is 260 g/mol. The van der Waals surface area contributed by atoms with Crippen molar-refractivity contribution in [1.82, 2.24) is 19.4 Å². The Hall–Kier alpha value is -1.79. The molecule has 18 heavy (non-hydrogen) atoms. The van der Waals surface area contributed by atoms with Crippen LogP contribution in [-0.2, 0) is 19.6 Å². The van der Waals surface area contributed by atoms with Crippen molar-refractivity contribution in [2.45, 2.75) is 19.6 Å². The standard InChI is InChI=1S/C12H12N4OS/c17-12(11-7-15-18-16-11)14-4-8-1-2-9-5-13-6-10(9)3-8/h1-3,7,13H,4-6H2,(H,14,17). The molecule has 0 unspecified atom stereocenters. The number of amides is 1. The minimum Gasteiger partial charge on any atom is -0.347 e. The van der Waals surface area contributed by atoms with E-state index in [4.69, 9.17) is 0 Å². The van der Waals surface area contributed by atoms with Gasteiger partial charge in [-0.3, -0.25) is 4.79 Å². The van der Waals surface area contributed by atoms with Crippen LogP contribution in [0.25, 0.3) is 0 Å². The molecule has 1 aromatic carbocycles. The number of benzene rings is 1. The zero-order valence-corrected chi connectivity index (χ0v) is 10.5. The van der Waals surface area contributed by atoms with E-state index in [2.05, 4.69) is 31.5 Å². The van der Waals surface area contributed by atoms with E-state index in [1.165, 1.54) is 17.3 Å². The van der Waals surface area contributed by atoms with Crippen molar-refractivity contribution < 1.29 is 4.79 Å². The number of nitrogens with zero attached hydrogens (tertiary/aromatic N) is 2. The summed E-state index contributed by atoms with van der Waals surface area (Å²) in [5.74, 6) is -0.178. The third kappa shape index (κ3) is 2.25. The lowest BCUT2D eigenvalue weighted by Crippen LogP contribution is -2.23. The van der Waals surface area contributed by atoms with Gasteiger partial charge in [0.05, 0.1) is 17.9 Å². The maximum Gasteiger partial charge on any atom is 0.272 e. The molecular weight excluding hydrogens is 248 g/mol. The fraction of sp³-hybridized carbons (Fsp3) is 0.250. The smallest absolute Gasteiger partial charge is 0.272 e. The van der Waals surface area contributed by atoms with Crippen molar-refractivity contribution in [2.75, 3.05) is 0 Å². The molecule has 0 atom stereocenters. The summed E-state index contributed by atoms with van der Waals surface area (Å²) < 4.78 is 7.70. The number of hydrogen-bond acceptors (Lipinski definition) is 5. The highest BCUT2D eigenvalue weighted by molar-refractivity contribution is 6.99. The number of aromatic nitrogens is 2. The number of carbonyl (C=O) groups is 1. The summed E-state index contributed by atoms with van der Waals surface area (Å²) in [5, 5.41) is 6.14. The van der Waals surface area contributed by atoms with Crippen LogP contribution in [0.2, 0.25) is 0 Å². The van der Waals surface area contributed by atoms with E-state index in [0.717, 1.165) is 30.4 Å². The highest BCUT2D eigenvalue weighted by atomic mass is 32.1. The Morgan fingerprint density at radius 2 is 2.28 bits per heavy atom. The van der Waals surface area contributed by atoms with E-state index in [-0.39, 0.29) is 5.91 Å². The predicted molar refractivity (Wildman–Crippen MR) is 68.1 cm³/mol. The Morgan fingerprint density at radius 1 is 1.39 bits per heavy atom. The minimum absolute atomic E-state index is 0.178. The Balaban J connectivity index is 1.65. The molecule has 1 aliphatic rings. The highest BCUT2D eigenvalue weighted by Gasteiger charge is 2.11. The number of fused-ring (bicyclic) bond motifs is 1. The third-order valence-electron chi connectivity index (χ3n) is 2.95. The van der Waals surface area contributed by atoms with Gasteiger partial charge in [0, 0.05) is 19.6 Å². The first-order valence-corrected chi connectivity index (χ1v) is 6.43. The first-order valence-electron chi connectivity index (χ1n) is 5.70. The molecule has 0 saturated heterocycles. The maximum absolute atomic E-state index is 11.7. The Kier molecular flexibility index (Phi) is 3.04. The molecule has 1 amide bonds. The van der Waals surface area contributed by atoms with Crippen molar-refractivity contribution in [3.05, 3.63) is 46.8 Å². The summed E-state index contributed by atoms with van der Waals surface area (Å²) in [4.78, 5) is 11.7. The van der Waals surface area contributed by atoms with Gasteiger partial charge in [-0.15, -0.1) is 0 Å². The minimum atomic E-state index is -0.178. The molecular formula is C12H12N4OS. The molecule has 3 rings (SSSR count). The molecule has 92 valence electrons. The second-order valence-corrected chi connectivity index (χ2v) is 4.74. The zero-order valence-electron chi connectivity index (χ0n) is 9.64. The number of rotatable bonds is 3. The van der Waals surface area contributed by atoms with E-state index in [1.807, 2.05) is 6.07 Å². The van der Waals surface area contributed by atoms with Crippen LogP contribution in [0.1, 0.15) is 27.2 Å². The topological polar surface area (TPSA) is 66.9 Å². The van der Waals surface area contributed by atoms with Gasteiger partial charge in [-0.05, 0) is 16.7 Å². The van der Waals surface area contributed by atoms with Crippen LogP contribution in [0.3, 0.4) is 0 Å². The average Bonchev–Trinajstić information content (AvgIpc) is 3.05. The van der Waals surface area contributed by atoms with Crippen LogP contribution in [0.4, 0.5) is 0 Å². The van der Waals surface area contributed by atoms with E-state index in [9.17, 15) is 4.79 Å². The average molecular weight is 260 g/mol. The van der Waals surface area contributed by atoms with Crippen LogP contribution < -0.4 is 10.6 Å². The molecule has 5 nitrogen and oxygen atoms in total. The third-order valence-corrected chi connectivity index (χ3v) is 3.43. The first-order chi connectivity index (χ1) is 8.83. The van der Waals surface area contributed by atoms with E-state index in [0.29, 0.717) is 12.2 Å². The first kappa shape index (κ1) is 11.3. The van der Waals surface area contributed by atoms with Gasteiger partial charge >= 0.3 is 0 Å². The molecule has 0 fully saturated rings. The largest absolute Gasteiger partial charge is 0.347 e. The van der Waals surface area contributed by atoms with Gasteiger partial charge in [0.1, 0.15) is 0 Å². The number of nitrogens with one attached hydrogen (secondary N) is 2. The molecule has 2 aromatic rings. The maximum atomic E-state index is 11.7. The van der Waals surface area contributed by atoms with Gasteiger partial charge in [-0.25, -0.2) is 0 Å². The van der Waals surface area contributed by atoms with Gasteiger partial charge in [0.2, 0.25) is 0 Å². The molecule has 1 aromatic heterocycles. The van der Waals surface area contributed by atoms with E-state index < -0.39 is 0 Å². The quantitative estimate of drug-likeness (QED) is 0.866. The number of carbonyl (C=O) groups excluding carboxylic acids is 1. The summed E-state index contributed by atoms with van der Waals surface area (Å²) in [6.45, 7) is 2.36. The summed E-state index contributed by atoms with van der Waals surface area (Å²) in [5.41, 5.74) is 4.14. The van der Waals surface area contributed by atoms with Crippen LogP contribution in [0.15, 0.2) is 24.4 Å². The van der Waals surface area contributed by atoms with Gasteiger partial charge in [0.25, 0.3) is 5.91 Å². The zero-order chi connectivity index (χ0) is 12.4. The summed E-state index contributed by atoms with van der Waals surface area (Å²) in [6, 6.07) is 6.29. The number of hydrogen-bond donors (Lipinski definition) is 2. The SMILES string of the molecule is O=C(NCc1ccc2c(c1)CNC2)c1cnsn1. The van der Waals surface area contributed by atoms with Crippen LogP contribution >= 0.6 is 11.7 Å². The molecule has 0 spiro atoms. The van der Waals surface area contributed by atoms with Crippen LogP contribution in [0, 0.1) is 0 Å². The van der Waals surface area contributed by atoms with Crippen molar-refractivity contribution in [1.29, 1.82) is 0 Å². The van der Waals surface area contributed by atoms with Gasteiger partial charge in [-0.2, -0.15) is 8.75 Å². The van der Waals surface area contributed by atoms with Gasteiger partial charge < -0.3 is 10.6 Å². The summed E-state index contributed by atoms with van der Waals surface area (Å²) in [6.07, 6.45) is 1.48. The van der Waals surface area contributed by atoms with Gasteiger partial charge in [-0.1, -0.05) is 18.2 Å². The highest BCUT2D eigenvalue weighted by Crippen LogP contribution is 2.16. The van der Waals surface area contributed by atoms with Crippen molar-refractivity contribution in [2.24, 2.45) is 0 Å². The second-order valence-electron chi connectivity index (χ2n) is 4.18. The normalized spacial score (nSPS) is 13.3. The van der Waals surface area contributed by atoms with E-state index >= 15 is 0 Å². The fourth-order valence-corrected chi connectivity index (χ4v) is 2.41. The Morgan fingerprint density at radius 3 is 3.11 bits per heavy atom. The van der Waals surface area contributed by atoms with Crippen LogP contribution in [0.5, 0.6) is 0 Å². The Labute approximate surface area is 109 Å². The van der Waals surface area contributed by atoms with Crippen LogP contribution in [-0.4, -0.2) is 14.7 Å². The summed E-state index contributed by atoms with van der Waals surface area (Å²) >= 11 is 1.04. The van der Waals surface area contributed by atoms with Crippen molar-refractivity contribution in [3.63, 3.8) is 0 Å². The molecule has 0 radical (unpaired) electrons. The lowest BCUT2D eigenvalue weighted by molar-refractivity contribution is 0.0947. The molecule has 2 N–H and O–H groups in total. The molecule has 0 aliphatic carbocycles. The van der Waals surface area contributed by atoms with Gasteiger partial charge in [0.15, 0.2) is 5.69 Å². The lowest BCUT2D eigenvalue weighted by atomic mass is 10.1. The molecule has 0 bridgehead atoms. The molecule has 2 heterocycles. The molecule has 1 aliphatic heterocycles. The molecule has 0 saturated carbocycles. The Bertz CT molecular complexity index is 567. The van der Waals surface area contributed by atoms with Crippen molar-refractivity contribution >= 4 is 17.6 Å². The van der Waals surface area contributed by atoms with E-state index in [1.54, 1.807) is 0 Å². The predicted octanol–water partition coefficient (Wildman–Crippen LogP) is 1.07. The van der Waals surface area contributed by atoms with Crippen molar-refractivity contribution in [3.8, 4) is 0 Å². The second kappa shape index (κ2) is 4.83.